The molecular formula is C20H21FO2. The lowest BCUT2D eigenvalue weighted by Gasteiger charge is -2.29. The summed E-state index contributed by atoms with van der Waals surface area (Å²) < 4.78 is 25.5. The second-order valence-electron chi connectivity index (χ2n) is 5.73. The van der Waals surface area contributed by atoms with Gasteiger partial charge in [0.05, 0.1) is 19.3 Å². The third kappa shape index (κ3) is 4.75. The Morgan fingerprint density at radius 1 is 0.783 bits per heavy atom. The molecule has 0 N–H and O–H groups in total. The van der Waals surface area contributed by atoms with Gasteiger partial charge in [-0.1, -0.05) is 72.8 Å². The zero-order chi connectivity index (χ0) is 15.9. The summed E-state index contributed by atoms with van der Waals surface area (Å²) in [6, 6.07) is 19.9. The molecule has 2 nitrogen and oxygen atoms in total. The molecule has 2 aromatic rings. The fourth-order valence-electron chi connectivity index (χ4n) is 2.66. The van der Waals surface area contributed by atoms with Crippen molar-refractivity contribution in [1.82, 2.24) is 0 Å². The number of allylic oxidation sites excluding steroid dienone is 1. The standard InChI is InChI=1S/C20H21FO2/c21-18-11-12-19(22-14-16-7-3-1-4-8-16)20(13-18)23-15-17-9-5-2-6-10-17/h1-12,18-20H,13-15H2. The third-order valence-corrected chi connectivity index (χ3v) is 3.93. The molecule has 3 unspecified atom stereocenters. The van der Waals surface area contributed by atoms with Crippen LogP contribution < -0.4 is 0 Å². The molecule has 0 aliphatic heterocycles. The maximum atomic E-state index is 13.7. The Morgan fingerprint density at radius 3 is 1.96 bits per heavy atom. The lowest BCUT2D eigenvalue weighted by molar-refractivity contribution is -0.0779. The van der Waals surface area contributed by atoms with Gasteiger partial charge in [0.2, 0.25) is 0 Å². The molecule has 1 aliphatic carbocycles. The zero-order valence-electron chi connectivity index (χ0n) is 13.0. The van der Waals surface area contributed by atoms with Crippen molar-refractivity contribution in [3.63, 3.8) is 0 Å². The monoisotopic (exact) mass is 312 g/mol. The van der Waals surface area contributed by atoms with E-state index >= 15 is 0 Å². The van der Waals surface area contributed by atoms with Gasteiger partial charge in [0.1, 0.15) is 12.3 Å². The Balaban J connectivity index is 1.58. The number of ether oxygens (including phenoxy) is 2. The van der Waals surface area contributed by atoms with Crippen LogP contribution in [-0.4, -0.2) is 18.4 Å². The van der Waals surface area contributed by atoms with E-state index in [2.05, 4.69) is 0 Å². The SMILES string of the molecule is FC1C=CC(OCc2ccccc2)C(OCc2ccccc2)C1. The van der Waals surface area contributed by atoms with Gasteiger partial charge in [-0.15, -0.1) is 0 Å². The van der Waals surface area contributed by atoms with Crippen molar-refractivity contribution in [2.24, 2.45) is 0 Å². The largest absolute Gasteiger partial charge is 0.370 e. The fourth-order valence-corrected chi connectivity index (χ4v) is 2.66. The Morgan fingerprint density at radius 2 is 1.35 bits per heavy atom. The van der Waals surface area contributed by atoms with Crippen LogP contribution in [0, 0.1) is 0 Å². The molecule has 0 fully saturated rings. The van der Waals surface area contributed by atoms with E-state index in [1.54, 1.807) is 12.2 Å². The Hall–Kier alpha value is -1.97. The highest BCUT2D eigenvalue weighted by Crippen LogP contribution is 2.23. The summed E-state index contributed by atoms with van der Waals surface area (Å²) in [5.41, 5.74) is 2.18. The summed E-state index contributed by atoms with van der Waals surface area (Å²) in [7, 11) is 0. The molecule has 120 valence electrons. The maximum absolute atomic E-state index is 13.7. The Kier molecular flexibility index (Phi) is 5.56. The van der Waals surface area contributed by atoms with Gasteiger partial charge >= 0.3 is 0 Å². The van der Waals surface area contributed by atoms with E-state index in [0.29, 0.717) is 19.6 Å². The van der Waals surface area contributed by atoms with Crippen LogP contribution in [0.4, 0.5) is 4.39 Å². The molecule has 0 bridgehead atoms. The molecule has 3 rings (SSSR count). The minimum Gasteiger partial charge on any atom is -0.370 e. The molecule has 0 aromatic heterocycles. The molecule has 3 heteroatoms. The molecule has 0 saturated carbocycles. The first kappa shape index (κ1) is 15.9. The first-order valence-electron chi connectivity index (χ1n) is 7.95. The summed E-state index contributed by atoms with van der Waals surface area (Å²) in [5, 5.41) is 0. The minimum absolute atomic E-state index is 0.217. The van der Waals surface area contributed by atoms with Crippen LogP contribution in [0.2, 0.25) is 0 Å². The molecule has 23 heavy (non-hydrogen) atoms. The maximum Gasteiger partial charge on any atom is 0.121 e. The highest BCUT2D eigenvalue weighted by molar-refractivity contribution is 5.15. The Labute approximate surface area is 136 Å². The number of rotatable bonds is 6. The normalized spacial score (nSPS) is 23.8. The summed E-state index contributed by atoms with van der Waals surface area (Å²) >= 11 is 0. The van der Waals surface area contributed by atoms with Gasteiger partial charge < -0.3 is 9.47 Å². The van der Waals surface area contributed by atoms with E-state index in [-0.39, 0.29) is 12.2 Å². The highest BCUT2D eigenvalue weighted by Gasteiger charge is 2.28. The molecule has 0 spiro atoms. The van der Waals surface area contributed by atoms with E-state index in [9.17, 15) is 4.39 Å². The van der Waals surface area contributed by atoms with Crippen LogP contribution >= 0.6 is 0 Å². The van der Waals surface area contributed by atoms with Gasteiger partial charge in [-0.05, 0) is 11.1 Å². The average molecular weight is 312 g/mol. The van der Waals surface area contributed by atoms with Crippen LogP contribution in [0.25, 0.3) is 0 Å². The van der Waals surface area contributed by atoms with Crippen LogP contribution in [0.5, 0.6) is 0 Å². The van der Waals surface area contributed by atoms with E-state index in [1.165, 1.54) is 0 Å². The van der Waals surface area contributed by atoms with Gasteiger partial charge in [0, 0.05) is 6.42 Å². The smallest absolute Gasteiger partial charge is 0.121 e. The zero-order valence-corrected chi connectivity index (χ0v) is 13.0. The molecule has 0 saturated heterocycles. The topological polar surface area (TPSA) is 18.5 Å². The molecule has 0 radical (unpaired) electrons. The van der Waals surface area contributed by atoms with Crippen molar-refractivity contribution >= 4 is 0 Å². The van der Waals surface area contributed by atoms with Gasteiger partial charge in [-0.3, -0.25) is 0 Å². The summed E-state index contributed by atoms with van der Waals surface area (Å²) in [5.74, 6) is 0. The average Bonchev–Trinajstić information content (AvgIpc) is 2.61. The highest BCUT2D eigenvalue weighted by atomic mass is 19.1. The lowest BCUT2D eigenvalue weighted by Crippen LogP contribution is -2.35. The summed E-state index contributed by atoms with van der Waals surface area (Å²) in [4.78, 5) is 0. The van der Waals surface area contributed by atoms with Gasteiger partial charge in [0.25, 0.3) is 0 Å². The predicted molar refractivity (Wildman–Crippen MR) is 88.7 cm³/mol. The van der Waals surface area contributed by atoms with E-state index < -0.39 is 6.17 Å². The van der Waals surface area contributed by atoms with Crippen LogP contribution in [-0.2, 0) is 22.7 Å². The molecule has 0 heterocycles. The molecule has 0 amide bonds. The second kappa shape index (κ2) is 8.04. The number of benzene rings is 2. The van der Waals surface area contributed by atoms with E-state index in [4.69, 9.17) is 9.47 Å². The summed E-state index contributed by atoms with van der Waals surface area (Å²) in [6.07, 6.45) is 2.24. The van der Waals surface area contributed by atoms with Gasteiger partial charge in [0.15, 0.2) is 0 Å². The molecular weight excluding hydrogens is 291 g/mol. The van der Waals surface area contributed by atoms with Crippen molar-refractivity contribution in [2.45, 2.75) is 38.0 Å². The first-order chi connectivity index (χ1) is 11.3. The number of halogens is 1. The number of alkyl halides is 1. The number of hydrogen-bond donors (Lipinski definition) is 0. The van der Waals surface area contributed by atoms with Gasteiger partial charge in [-0.25, -0.2) is 4.39 Å². The minimum atomic E-state index is -0.965. The Bertz CT molecular complexity index is 612. The third-order valence-electron chi connectivity index (χ3n) is 3.93. The van der Waals surface area contributed by atoms with Crippen molar-refractivity contribution < 1.29 is 13.9 Å². The van der Waals surface area contributed by atoms with Gasteiger partial charge in [-0.2, -0.15) is 0 Å². The predicted octanol–water partition coefficient (Wildman–Crippen LogP) is 4.46. The van der Waals surface area contributed by atoms with Crippen LogP contribution in [0.3, 0.4) is 0 Å². The first-order valence-corrected chi connectivity index (χ1v) is 7.95. The van der Waals surface area contributed by atoms with Crippen LogP contribution in [0.15, 0.2) is 72.8 Å². The molecule has 1 aliphatic rings. The fraction of sp³-hybridized carbons (Fsp3) is 0.300. The lowest BCUT2D eigenvalue weighted by atomic mass is 10.00. The second-order valence-corrected chi connectivity index (χ2v) is 5.73. The quantitative estimate of drug-likeness (QED) is 0.733. The molecule has 2 aromatic carbocycles. The van der Waals surface area contributed by atoms with Crippen LogP contribution in [0.1, 0.15) is 17.5 Å². The summed E-state index contributed by atoms with van der Waals surface area (Å²) in [6.45, 7) is 0.968. The van der Waals surface area contributed by atoms with Crippen molar-refractivity contribution in [2.75, 3.05) is 0 Å². The molecule has 3 atom stereocenters. The van der Waals surface area contributed by atoms with Crippen molar-refractivity contribution in [3.8, 4) is 0 Å². The van der Waals surface area contributed by atoms with E-state index in [0.717, 1.165) is 11.1 Å². The van der Waals surface area contributed by atoms with E-state index in [1.807, 2.05) is 60.7 Å². The van der Waals surface area contributed by atoms with Crippen molar-refractivity contribution in [3.05, 3.63) is 83.9 Å². The number of hydrogen-bond acceptors (Lipinski definition) is 2. The van der Waals surface area contributed by atoms with Crippen molar-refractivity contribution in [1.29, 1.82) is 0 Å².